The molecule has 0 saturated heterocycles. The molecule has 0 spiro atoms. The van der Waals surface area contributed by atoms with Gasteiger partial charge in [0.25, 0.3) is 0 Å². The van der Waals surface area contributed by atoms with Crippen LogP contribution in [-0.4, -0.2) is 18.1 Å². The molecule has 0 saturated carbocycles. The second kappa shape index (κ2) is 6.64. The van der Waals surface area contributed by atoms with Gasteiger partial charge in [-0.2, -0.15) is 0 Å². The fraction of sp³-hybridized carbons (Fsp3) is 0.545. The lowest BCUT2D eigenvalue weighted by atomic mass is 10.2. The zero-order chi connectivity index (χ0) is 12.1. The first-order chi connectivity index (χ1) is 7.62. The molecule has 0 aliphatic heterocycles. The number of hydrogen-bond donors (Lipinski definition) is 1. The molecule has 0 aliphatic rings. The van der Waals surface area contributed by atoms with Crippen molar-refractivity contribution >= 4 is 44.3 Å². The van der Waals surface area contributed by atoms with E-state index in [9.17, 15) is 0 Å². The minimum absolute atomic E-state index is 0.251. The maximum atomic E-state index is 5.91. The smallest absolute Gasteiger partial charge is 0.169 e. The molecule has 0 unspecified atom stereocenters. The van der Waals surface area contributed by atoms with Crippen LogP contribution in [0.15, 0.2) is 10.5 Å². The van der Waals surface area contributed by atoms with Gasteiger partial charge in [0, 0.05) is 13.1 Å². The van der Waals surface area contributed by atoms with Crippen LogP contribution in [0.25, 0.3) is 0 Å². The Morgan fingerprint density at radius 2 is 2.12 bits per heavy atom. The number of ether oxygens (including phenoxy) is 1. The molecule has 0 fully saturated rings. The third kappa shape index (κ3) is 3.48. The molecular weight excluding hydrogens is 383 g/mol. The van der Waals surface area contributed by atoms with Gasteiger partial charge >= 0.3 is 0 Å². The van der Waals surface area contributed by atoms with Gasteiger partial charge in [-0.1, -0.05) is 13.8 Å². The van der Waals surface area contributed by atoms with Crippen LogP contribution in [0.5, 0.6) is 5.75 Å². The average Bonchev–Trinajstić information content (AvgIpc) is 2.29. The number of nitrogens with one attached hydrogen (secondary N) is 1. The van der Waals surface area contributed by atoms with Crippen LogP contribution in [0.1, 0.15) is 26.7 Å². The number of nitrogens with zero attached hydrogens (tertiary/aromatic N) is 1. The highest BCUT2D eigenvalue weighted by Gasteiger charge is 2.12. The van der Waals surface area contributed by atoms with Crippen molar-refractivity contribution in [2.45, 2.75) is 32.8 Å². The van der Waals surface area contributed by atoms with Crippen molar-refractivity contribution in [3.63, 3.8) is 0 Å². The van der Waals surface area contributed by atoms with E-state index < -0.39 is 0 Å². The van der Waals surface area contributed by atoms with Gasteiger partial charge in [-0.15, -0.1) is 0 Å². The SMILES string of the molecule is CCC(CC)Oc1cc(Br)c(I)nc1NC. The van der Waals surface area contributed by atoms with Crippen LogP contribution in [0.3, 0.4) is 0 Å². The van der Waals surface area contributed by atoms with Gasteiger partial charge in [0.15, 0.2) is 11.6 Å². The molecule has 5 heteroatoms. The average molecular weight is 399 g/mol. The van der Waals surface area contributed by atoms with E-state index >= 15 is 0 Å². The van der Waals surface area contributed by atoms with Gasteiger partial charge in [0.2, 0.25) is 0 Å². The zero-order valence-corrected chi connectivity index (χ0v) is 13.4. The molecule has 16 heavy (non-hydrogen) atoms. The third-order valence-corrected chi connectivity index (χ3v) is 4.51. The Morgan fingerprint density at radius 1 is 1.50 bits per heavy atom. The molecule has 3 nitrogen and oxygen atoms in total. The Balaban J connectivity index is 2.97. The van der Waals surface area contributed by atoms with Crippen LogP contribution in [-0.2, 0) is 0 Å². The lowest BCUT2D eigenvalue weighted by molar-refractivity contribution is 0.193. The molecule has 0 aromatic carbocycles. The predicted octanol–water partition coefficient (Wildman–Crippen LogP) is 4.06. The fourth-order valence-corrected chi connectivity index (χ4v) is 2.05. The summed E-state index contributed by atoms with van der Waals surface area (Å²) in [5, 5.41) is 3.06. The van der Waals surface area contributed by atoms with Crippen molar-refractivity contribution in [1.82, 2.24) is 4.98 Å². The number of aromatic nitrogens is 1. The summed E-state index contributed by atoms with van der Waals surface area (Å²) in [6, 6.07) is 1.97. The fourth-order valence-electron chi connectivity index (χ4n) is 1.35. The first-order valence-electron chi connectivity index (χ1n) is 5.32. The third-order valence-electron chi connectivity index (χ3n) is 2.34. The van der Waals surface area contributed by atoms with Gasteiger partial charge < -0.3 is 10.1 Å². The second-order valence-corrected chi connectivity index (χ2v) is 5.29. The predicted molar refractivity (Wildman–Crippen MR) is 79.2 cm³/mol. The highest BCUT2D eigenvalue weighted by molar-refractivity contribution is 14.1. The van der Waals surface area contributed by atoms with Crippen LogP contribution in [0.4, 0.5) is 5.82 Å². The highest BCUT2D eigenvalue weighted by atomic mass is 127. The minimum Gasteiger partial charge on any atom is -0.487 e. The molecule has 0 amide bonds. The lowest BCUT2D eigenvalue weighted by Gasteiger charge is -2.18. The van der Waals surface area contributed by atoms with Gasteiger partial charge in [0.1, 0.15) is 3.70 Å². The molecule has 1 rings (SSSR count). The number of hydrogen-bond acceptors (Lipinski definition) is 3. The molecule has 90 valence electrons. The van der Waals surface area contributed by atoms with E-state index in [1.807, 2.05) is 13.1 Å². The van der Waals surface area contributed by atoms with Crippen molar-refractivity contribution in [3.8, 4) is 5.75 Å². The zero-order valence-electron chi connectivity index (χ0n) is 9.68. The summed E-state index contributed by atoms with van der Waals surface area (Å²) in [5.74, 6) is 1.60. The molecule has 0 atom stereocenters. The largest absolute Gasteiger partial charge is 0.487 e. The molecule has 0 aliphatic carbocycles. The normalized spacial score (nSPS) is 10.6. The van der Waals surface area contributed by atoms with E-state index in [1.54, 1.807) is 0 Å². The van der Waals surface area contributed by atoms with Crippen molar-refractivity contribution in [1.29, 1.82) is 0 Å². The van der Waals surface area contributed by atoms with E-state index in [0.717, 1.165) is 32.6 Å². The van der Waals surface area contributed by atoms with Crippen LogP contribution in [0, 0.1) is 3.70 Å². The first kappa shape index (κ1) is 14.0. The molecular formula is C11H16BrIN2O. The minimum atomic E-state index is 0.251. The van der Waals surface area contributed by atoms with Crippen LogP contribution >= 0.6 is 38.5 Å². The number of rotatable bonds is 5. The van der Waals surface area contributed by atoms with Crippen molar-refractivity contribution < 1.29 is 4.74 Å². The Hall–Kier alpha value is -0.0400. The Kier molecular flexibility index (Phi) is 5.82. The lowest BCUT2D eigenvalue weighted by Crippen LogP contribution is -2.15. The van der Waals surface area contributed by atoms with Crippen molar-refractivity contribution in [2.75, 3.05) is 12.4 Å². The number of pyridine rings is 1. The van der Waals surface area contributed by atoms with Crippen LogP contribution in [0.2, 0.25) is 0 Å². The molecule has 0 radical (unpaired) electrons. The summed E-state index contributed by atoms with van der Waals surface area (Å²) in [6.07, 6.45) is 2.26. The topological polar surface area (TPSA) is 34.1 Å². The Labute approximate surface area is 119 Å². The summed E-state index contributed by atoms with van der Waals surface area (Å²) in [4.78, 5) is 4.42. The van der Waals surface area contributed by atoms with Gasteiger partial charge in [-0.25, -0.2) is 4.98 Å². The summed E-state index contributed by atoms with van der Waals surface area (Å²) < 4.78 is 7.81. The van der Waals surface area contributed by atoms with Gasteiger partial charge in [-0.05, 0) is 51.4 Å². The first-order valence-corrected chi connectivity index (χ1v) is 7.19. The molecule has 1 N–H and O–H groups in total. The van der Waals surface area contributed by atoms with E-state index in [1.165, 1.54) is 0 Å². The number of halogens is 2. The van der Waals surface area contributed by atoms with E-state index in [0.29, 0.717) is 0 Å². The standard InChI is InChI=1S/C11H16BrIN2O/c1-4-7(5-2)16-9-6-8(12)10(13)15-11(9)14-3/h6-7H,4-5H2,1-3H3,(H,14,15). The second-order valence-electron chi connectivity index (χ2n) is 3.41. The monoisotopic (exact) mass is 398 g/mol. The summed E-state index contributed by atoms with van der Waals surface area (Å²) in [5.41, 5.74) is 0. The molecule has 1 aromatic rings. The van der Waals surface area contributed by atoms with Gasteiger partial charge in [-0.3, -0.25) is 0 Å². The summed E-state index contributed by atoms with van der Waals surface area (Å²) >= 11 is 5.65. The number of anilines is 1. The van der Waals surface area contributed by atoms with Crippen molar-refractivity contribution in [3.05, 3.63) is 14.2 Å². The maximum Gasteiger partial charge on any atom is 0.169 e. The van der Waals surface area contributed by atoms with E-state index in [4.69, 9.17) is 4.74 Å². The Bertz CT molecular complexity index is 356. The molecule has 1 heterocycles. The van der Waals surface area contributed by atoms with Crippen LogP contribution < -0.4 is 10.1 Å². The maximum absolute atomic E-state index is 5.91. The van der Waals surface area contributed by atoms with Gasteiger partial charge in [0.05, 0.1) is 10.6 Å². The Morgan fingerprint density at radius 3 is 2.62 bits per heavy atom. The van der Waals surface area contributed by atoms with E-state index in [-0.39, 0.29) is 6.10 Å². The summed E-state index contributed by atoms with van der Waals surface area (Å²) in [6.45, 7) is 4.25. The molecule has 0 bridgehead atoms. The quantitative estimate of drug-likeness (QED) is 0.599. The highest BCUT2D eigenvalue weighted by Crippen LogP contribution is 2.30. The van der Waals surface area contributed by atoms with Crippen molar-refractivity contribution in [2.24, 2.45) is 0 Å². The van der Waals surface area contributed by atoms with E-state index in [2.05, 4.69) is 62.7 Å². The molecule has 1 aromatic heterocycles. The summed E-state index contributed by atoms with van der Waals surface area (Å²) in [7, 11) is 1.85.